The topological polar surface area (TPSA) is 94.7 Å². The summed E-state index contributed by atoms with van der Waals surface area (Å²) in [6, 6.07) is 7.44. The zero-order valence-electron chi connectivity index (χ0n) is 17.3. The van der Waals surface area contributed by atoms with Crippen molar-refractivity contribution >= 4 is 22.5 Å². The van der Waals surface area contributed by atoms with E-state index in [0.29, 0.717) is 36.9 Å². The van der Waals surface area contributed by atoms with Gasteiger partial charge in [-0.05, 0) is 31.9 Å². The summed E-state index contributed by atoms with van der Waals surface area (Å²) in [5, 5.41) is 7.52. The first-order valence-corrected chi connectivity index (χ1v) is 10.4. The molecule has 1 amide bonds. The molecular formula is C22H26N4O4. The second-order valence-corrected chi connectivity index (χ2v) is 7.52. The first-order valence-electron chi connectivity index (χ1n) is 10.4. The van der Waals surface area contributed by atoms with Crippen LogP contribution in [0.1, 0.15) is 44.7 Å². The van der Waals surface area contributed by atoms with Gasteiger partial charge in [-0.25, -0.2) is 4.68 Å². The minimum Gasteiger partial charge on any atom is -0.469 e. The normalized spacial score (nSPS) is 12.6. The number of aromatic nitrogens is 3. The molecule has 1 unspecified atom stereocenters. The minimum absolute atomic E-state index is 0.0213. The van der Waals surface area contributed by atoms with Crippen molar-refractivity contribution in [3.63, 3.8) is 0 Å². The molecule has 158 valence electrons. The molecule has 4 rings (SSSR count). The summed E-state index contributed by atoms with van der Waals surface area (Å²) < 4.78 is 14.1. The standard InChI is InChI=1S/C22H26N4O4/c1-3-20-24-25(22(28)18-14-19-17(26(18)20)10-13-30-19)11-4-7-21(27)23-15(2)8-9-16-6-5-12-29-16/h5-6,10,12-15H,3-4,7-9,11H2,1-2H3,(H,23,27). The van der Waals surface area contributed by atoms with E-state index in [0.717, 1.165) is 29.9 Å². The summed E-state index contributed by atoms with van der Waals surface area (Å²) in [5.74, 6) is 1.69. The lowest BCUT2D eigenvalue weighted by atomic mass is 10.1. The zero-order chi connectivity index (χ0) is 21.1. The number of furan rings is 2. The maximum Gasteiger partial charge on any atom is 0.291 e. The minimum atomic E-state index is -0.175. The van der Waals surface area contributed by atoms with E-state index in [4.69, 9.17) is 8.83 Å². The third-order valence-electron chi connectivity index (χ3n) is 5.27. The molecule has 0 saturated carbocycles. The van der Waals surface area contributed by atoms with Crippen LogP contribution in [-0.2, 0) is 24.2 Å². The summed E-state index contributed by atoms with van der Waals surface area (Å²) >= 11 is 0. The van der Waals surface area contributed by atoms with Gasteiger partial charge in [-0.1, -0.05) is 6.92 Å². The summed E-state index contributed by atoms with van der Waals surface area (Å²) in [4.78, 5) is 25.1. The molecule has 0 spiro atoms. The van der Waals surface area contributed by atoms with E-state index < -0.39 is 0 Å². The fraction of sp³-hybridized carbons (Fsp3) is 0.409. The first kappa shape index (κ1) is 20.0. The van der Waals surface area contributed by atoms with E-state index in [9.17, 15) is 9.59 Å². The number of hydrogen-bond donors (Lipinski definition) is 1. The Balaban J connectivity index is 1.36. The molecule has 0 aliphatic heterocycles. The molecule has 0 aromatic carbocycles. The van der Waals surface area contributed by atoms with Gasteiger partial charge in [0.25, 0.3) is 5.56 Å². The monoisotopic (exact) mass is 410 g/mol. The van der Waals surface area contributed by atoms with Crippen LogP contribution in [0.5, 0.6) is 0 Å². The molecule has 0 radical (unpaired) electrons. The van der Waals surface area contributed by atoms with Gasteiger partial charge in [-0.15, -0.1) is 0 Å². The van der Waals surface area contributed by atoms with E-state index in [-0.39, 0.29) is 17.5 Å². The number of fused-ring (bicyclic) bond motifs is 3. The van der Waals surface area contributed by atoms with E-state index in [1.807, 2.05) is 36.4 Å². The number of nitrogens with one attached hydrogen (secondary N) is 1. The highest BCUT2D eigenvalue weighted by molar-refractivity contribution is 5.82. The highest BCUT2D eigenvalue weighted by atomic mass is 16.3. The molecule has 0 saturated heterocycles. The Morgan fingerprint density at radius 2 is 2.10 bits per heavy atom. The largest absolute Gasteiger partial charge is 0.469 e. The van der Waals surface area contributed by atoms with E-state index in [1.165, 1.54) is 4.68 Å². The molecule has 1 N–H and O–H groups in total. The SMILES string of the molecule is CCc1nn(CCCC(=O)NC(C)CCc2ccco2)c(=O)c2cc3occc3n12. The van der Waals surface area contributed by atoms with Crippen molar-refractivity contribution in [3.05, 3.63) is 58.7 Å². The lowest BCUT2D eigenvalue weighted by molar-refractivity contribution is -0.121. The number of hydrogen-bond acceptors (Lipinski definition) is 5. The Kier molecular flexibility index (Phi) is 5.74. The molecule has 8 heteroatoms. The Labute approximate surface area is 173 Å². The Morgan fingerprint density at radius 3 is 2.87 bits per heavy atom. The van der Waals surface area contributed by atoms with Crippen molar-refractivity contribution in [1.82, 2.24) is 19.5 Å². The molecule has 0 fully saturated rings. The van der Waals surface area contributed by atoms with Gasteiger partial charge in [0.05, 0.1) is 18.0 Å². The van der Waals surface area contributed by atoms with Gasteiger partial charge in [-0.2, -0.15) is 5.10 Å². The fourth-order valence-electron chi connectivity index (χ4n) is 3.73. The van der Waals surface area contributed by atoms with Crippen LogP contribution in [0.25, 0.3) is 16.6 Å². The average molecular weight is 410 g/mol. The lowest BCUT2D eigenvalue weighted by Gasteiger charge is -2.13. The summed E-state index contributed by atoms with van der Waals surface area (Å²) in [5.41, 5.74) is 1.89. The molecule has 4 aromatic heterocycles. The molecule has 0 aliphatic rings. The van der Waals surface area contributed by atoms with Crippen molar-refractivity contribution in [2.45, 2.75) is 58.5 Å². The number of rotatable bonds is 9. The van der Waals surface area contributed by atoms with Crippen molar-refractivity contribution in [3.8, 4) is 0 Å². The van der Waals surface area contributed by atoms with Crippen LogP contribution >= 0.6 is 0 Å². The van der Waals surface area contributed by atoms with Gasteiger partial charge in [0.1, 0.15) is 17.1 Å². The third-order valence-corrected chi connectivity index (χ3v) is 5.27. The number of aryl methyl sites for hydroxylation is 3. The van der Waals surface area contributed by atoms with Gasteiger partial charge in [0, 0.05) is 44.0 Å². The molecule has 0 aliphatic carbocycles. The van der Waals surface area contributed by atoms with Gasteiger partial charge in [0.2, 0.25) is 5.91 Å². The van der Waals surface area contributed by atoms with E-state index >= 15 is 0 Å². The lowest BCUT2D eigenvalue weighted by Crippen LogP contribution is -2.33. The molecule has 8 nitrogen and oxygen atoms in total. The highest BCUT2D eigenvalue weighted by Crippen LogP contribution is 2.20. The molecular weight excluding hydrogens is 384 g/mol. The zero-order valence-corrected chi connectivity index (χ0v) is 17.3. The van der Waals surface area contributed by atoms with Crippen LogP contribution in [0.4, 0.5) is 0 Å². The molecule has 4 heterocycles. The maximum atomic E-state index is 12.8. The second-order valence-electron chi connectivity index (χ2n) is 7.52. The molecule has 1 atom stereocenters. The first-order chi connectivity index (χ1) is 14.6. The number of amides is 1. The summed E-state index contributed by atoms with van der Waals surface area (Å²) in [7, 11) is 0. The van der Waals surface area contributed by atoms with Crippen LogP contribution in [0.15, 0.2) is 50.4 Å². The predicted molar refractivity (Wildman–Crippen MR) is 112 cm³/mol. The van der Waals surface area contributed by atoms with Crippen LogP contribution in [0, 0.1) is 0 Å². The van der Waals surface area contributed by atoms with Gasteiger partial charge in [-0.3, -0.25) is 14.0 Å². The third kappa shape index (κ3) is 4.03. The maximum absolute atomic E-state index is 12.8. The predicted octanol–water partition coefficient (Wildman–Crippen LogP) is 3.32. The Hall–Kier alpha value is -3.29. The molecule has 4 aromatic rings. The van der Waals surface area contributed by atoms with Crippen molar-refractivity contribution in [1.29, 1.82) is 0 Å². The smallest absolute Gasteiger partial charge is 0.291 e. The quantitative estimate of drug-likeness (QED) is 0.457. The average Bonchev–Trinajstić information content (AvgIpc) is 3.46. The summed E-state index contributed by atoms with van der Waals surface area (Å²) in [6.07, 6.45) is 6.42. The number of nitrogens with zero attached hydrogens (tertiary/aromatic N) is 3. The van der Waals surface area contributed by atoms with Crippen molar-refractivity contribution in [2.75, 3.05) is 0 Å². The fourth-order valence-corrected chi connectivity index (χ4v) is 3.73. The number of carbonyl (C=O) groups is 1. The van der Waals surface area contributed by atoms with Crippen LogP contribution in [-0.4, -0.2) is 26.1 Å². The molecule has 0 bridgehead atoms. The van der Waals surface area contributed by atoms with Gasteiger partial charge < -0.3 is 14.2 Å². The van der Waals surface area contributed by atoms with Crippen LogP contribution < -0.4 is 10.9 Å². The van der Waals surface area contributed by atoms with Crippen molar-refractivity contribution in [2.24, 2.45) is 0 Å². The van der Waals surface area contributed by atoms with E-state index in [1.54, 1.807) is 18.6 Å². The van der Waals surface area contributed by atoms with Crippen molar-refractivity contribution < 1.29 is 13.6 Å². The molecule has 30 heavy (non-hydrogen) atoms. The Bertz CT molecular complexity index is 1200. The highest BCUT2D eigenvalue weighted by Gasteiger charge is 2.15. The number of carbonyl (C=O) groups excluding carboxylic acids is 1. The van der Waals surface area contributed by atoms with Gasteiger partial charge in [0.15, 0.2) is 5.58 Å². The van der Waals surface area contributed by atoms with E-state index in [2.05, 4.69) is 10.4 Å². The second kappa shape index (κ2) is 8.61. The van der Waals surface area contributed by atoms with Crippen LogP contribution in [0.2, 0.25) is 0 Å². The summed E-state index contributed by atoms with van der Waals surface area (Å²) in [6.45, 7) is 4.37. The Morgan fingerprint density at radius 1 is 1.23 bits per heavy atom. The van der Waals surface area contributed by atoms with Crippen LogP contribution in [0.3, 0.4) is 0 Å². The van der Waals surface area contributed by atoms with Gasteiger partial charge >= 0.3 is 0 Å².